The van der Waals surface area contributed by atoms with Crippen molar-refractivity contribution in [1.29, 1.82) is 0 Å². The minimum Gasteiger partial charge on any atom is -0.299 e. The van der Waals surface area contributed by atoms with Crippen molar-refractivity contribution in [2.24, 2.45) is 0 Å². The van der Waals surface area contributed by atoms with Crippen molar-refractivity contribution in [3.05, 3.63) is 33.8 Å². The third-order valence-corrected chi connectivity index (χ3v) is 2.87. The zero-order chi connectivity index (χ0) is 11.3. The van der Waals surface area contributed by atoms with E-state index < -0.39 is 0 Å². The SMILES string of the molecule is C#CCNC(CC)c1c(Cl)cccc1Cl. The molecule has 0 amide bonds. The molecule has 80 valence electrons. The van der Waals surface area contributed by atoms with Gasteiger partial charge in [-0.2, -0.15) is 0 Å². The average molecular weight is 242 g/mol. The maximum atomic E-state index is 6.11. The second-order valence-electron chi connectivity index (χ2n) is 3.18. The zero-order valence-corrected chi connectivity index (χ0v) is 10.1. The fourth-order valence-electron chi connectivity index (χ4n) is 1.48. The predicted molar refractivity (Wildman–Crippen MR) is 66.3 cm³/mol. The van der Waals surface area contributed by atoms with Gasteiger partial charge in [0.1, 0.15) is 0 Å². The van der Waals surface area contributed by atoms with E-state index in [1.54, 1.807) is 0 Å². The van der Waals surface area contributed by atoms with E-state index in [0.29, 0.717) is 16.6 Å². The van der Waals surface area contributed by atoms with Crippen LogP contribution in [0.4, 0.5) is 0 Å². The standard InChI is InChI=1S/C12H13Cl2N/c1-3-8-15-11(4-2)12-9(13)6-5-7-10(12)14/h1,5-7,11,15H,4,8H2,2H3. The normalized spacial score (nSPS) is 12.1. The van der Waals surface area contributed by atoms with Gasteiger partial charge < -0.3 is 0 Å². The van der Waals surface area contributed by atoms with Crippen LogP contribution in [-0.2, 0) is 0 Å². The number of benzene rings is 1. The van der Waals surface area contributed by atoms with Gasteiger partial charge in [-0.15, -0.1) is 6.42 Å². The van der Waals surface area contributed by atoms with Crippen molar-refractivity contribution in [2.75, 3.05) is 6.54 Å². The van der Waals surface area contributed by atoms with Crippen LogP contribution in [0.1, 0.15) is 24.9 Å². The van der Waals surface area contributed by atoms with E-state index in [1.165, 1.54) is 0 Å². The van der Waals surface area contributed by atoms with E-state index in [1.807, 2.05) is 18.2 Å². The van der Waals surface area contributed by atoms with Crippen LogP contribution < -0.4 is 5.32 Å². The van der Waals surface area contributed by atoms with Gasteiger partial charge >= 0.3 is 0 Å². The van der Waals surface area contributed by atoms with E-state index in [4.69, 9.17) is 29.6 Å². The predicted octanol–water partition coefficient (Wildman–Crippen LogP) is 3.67. The Labute approximate surface area is 101 Å². The summed E-state index contributed by atoms with van der Waals surface area (Å²) in [7, 11) is 0. The first-order valence-electron chi connectivity index (χ1n) is 4.81. The lowest BCUT2D eigenvalue weighted by Gasteiger charge is -2.18. The summed E-state index contributed by atoms with van der Waals surface area (Å²) in [5.74, 6) is 2.54. The maximum Gasteiger partial charge on any atom is 0.0578 e. The topological polar surface area (TPSA) is 12.0 Å². The van der Waals surface area contributed by atoms with E-state index in [0.717, 1.165) is 12.0 Å². The van der Waals surface area contributed by atoms with Gasteiger partial charge in [0, 0.05) is 21.7 Å². The van der Waals surface area contributed by atoms with Crippen molar-refractivity contribution in [2.45, 2.75) is 19.4 Å². The fraction of sp³-hybridized carbons (Fsp3) is 0.333. The van der Waals surface area contributed by atoms with Crippen LogP contribution in [0.2, 0.25) is 10.0 Å². The molecular formula is C12H13Cl2N. The van der Waals surface area contributed by atoms with Crippen molar-refractivity contribution in [3.8, 4) is 12.3 Å². The van der Waals surface area contributed by atoms with Crippen molar-refractivity contribution < 1.29 is 0 Å². The van der Waals surface area contributed by atoms with Crippen LogP contribution in [0.5, 0.6) is 0 Å². The molecule has 0 bridgehead atoms. The number of nitrogens with one attached hydrogen (secondary N) is 1. The first kappa shape index (κ1) is 12.4. The minimum atomic E-state index is 0.113. The van der Waals surface area contributed by atoms with E-state index >= 15 is 0 Å². The third-order valence-electron chi connectivity index (χ3n) is 2.21. The van der Waals surface area contributed by atoms with Crippen molar-refractivity contribution in [1.82, 2.24) is 5.32 Å². The number of halogens is 2. The molecule has 1 aromatic carbocycles. The molecule has 3 heteroatoms. The van der Waals surface area contributed by atoms with Crippen molar-refractivity contribution >= 4 is 23.2 Å². The second kappa shape index (κ2) is 6.02. The lowest BCUT2D eigenvalue weighted by molar-refractivity contribution is 0.556. The second-order valence-corrected chi connectivity index (χ2v) is 4.00. The van der Waals surface area contributed by atoms with Gasteiger partial charge in [0.15, 0.2) is 0 Å². The number of hydrogen-bond acceptors (Lipinski definition) is 1. The molecule has 1 N–H and O–H groups in total. The molecule has 1 aromatic rings. The molecule has 0 heterocycles. The highest BCUT2D eigenvalue weighted by Gasteiger charge is 2.14. The number of rotatable bonds is 4. The van der Waals surface area contributed by atoms with Gasteiger partial charge in [-0.3, -0.25) is 5.32 Å². The van der Waals surface area contributed by atoms with Gasteiger partial charge in [-0.25, -0.2) is 0 Å². The molecule has 0 saturated carbocycles. The first-order chi connectivity index (χ1) is 7.20. The van der Waals surface area contributed by atoms with Gasteiger partial charge in [0.2, 0.25) is 0 Å². The molecule has 1 atom stereocenters. The molecule has 0 aliphatic heterocycles. The molecule has 0 aromatic heterocycles. The monoisotopic (exact) mass is 241 g/mol. The Bertz CT molecular complexity index is 348. The van der Waals surface area contributed by atoms with E-state index in [-0.39, 0.29) is 6.04 Å². The summed E-state index contributed by atoms with van der Waals surface area (Å²) >= 11 is 12.2. The molecule has 0 saturated heterocycles. The van der Waals surface area contributed by atoms with Crippen LogP contribution in [0, 0.1) is 12.3 Å². The number of hydrogen-bond donors (Lipinski definition) is 1. The molecule has 0 spiro atoms. The molecule has 15 heavy (non-hydrogen) atoms. The van der Waals surface area contributed by atoms with Crippen LogP contribution in [0.3, 0.4) is 0 Å². The quantitative estimate of drug-likeness (QED) is 0.794. The molecular weight excluding hydrogens is 229 g/mol. The largest absolute Gasteiger partial charge is 0.299 e. The summed E-state index contributed by atoms with van der Waals surface area (Å²) in [6.45, 7) is 2.58. The van der Waals surface area contributed by atoms with Gasteiger partial charge in [0.25, 0.3) is 0 Å². The summed E-state index contributed by atoms with van der Waals surface area (Å²) in [4.78, 5) is 0. The summed E-state index contributed by atoms with van der Waals surface area (Å²) in [6.07, 6.45) is 6.10. The summed E-state index contributed by atoms with van der Waals surface area (Å²) in [6, 6.07) is 5.62. The molecule has 0 aliphatic carbocycles. The highest BCUT2D eigenvalue weighted by atomic mass is 35.5. The summed E-state index contributed by atoms with van der Waals surface area (Å²) in [5.41, 5.74) is 0.929. The summed E-state index contributed by atoms with van der Waals surface area (Å²) < 4.78 is 0. The molecule has 0 fully saturated rings. The highest BCUT2D eigenvalue weighted by molar-refractivity contribution is 6.36. The first-order valence-corrected chi connectivity index (χ1v) is 5.57. The Balaban J connectivity index is 2.96. The highest BCUT2D eigenvalue weighted by Crippen LogP contribution is 2.31. The van der Waals surface area contributed by atoms with Gasteiger partial charge in [0.05, 0.1) is 6.54 Å². The average Bonchev–Trinajstić information content (AvgIpc) is 2.22. The molecule has 1 rings (SSSR count). The smallest absolute Gasteiger partial charge is 0.0578 e. The third kappa shape index (κ3) is 3.14. The Kier molecular flexibility index (Phi) is 4.98. The zero-order valence-electron chi connectivity index (χ0n) is 8.56. The Morgan fingerprint density at radius 2 is 2.00 bits per heavy atom. The molecule has 1 unspecified atom stereocenters. The Morgan fingerprint density at radius 1 is 1.40 bits per heavy atom. The number of terminal acetylenes is 1. The van der Waals surface area contributed by atoms with Crippen LogP contribution in [-0.4, -0.2) is 6.54 Å². The van der Waals surface area contributed by atoms with Crippen LogP contribution in [0.25, 0.3) is 0 Å². The van der Waals surface area contributed by atoms with E-state index in [9.17, 15) is 0 Å². The van der Waals surface area contributed by atoms with Gasteiger partial charge in [-0.1, -0.05) is 42.1 Å². The van der Waals surface area contributed by atoms with Crippen LogP contribution >= 0.6 is 23.2 Å². The Morgan fingerprint density at radius 3 is 2.47 bits per heavy atom. The molecule has 0 radical (unpaired) electrons. The van der Waals surface area contributed by atoms with E-state index in [2.05, 4.69) is 18.2 Å². The van der Waals surface area contributed by atoms with Crippen molar-refractivity contribution in [3.63, 3.8) is 0 Å². The fourth-order valence-corrected chi connectivity index (χ4v) is 2.14. The van der Waals surface area contributed by atoms with Gasteiger partial charge in [-0.05, 0) is 18.6 Å². The van der Waals surface area contributed by atoms with Crippen LogP contribution in [0.15, 0.2) is 18.2 Å². The lowest BCUT2D eigenvalue weighted by atomic mass is 10.0. The molecule has 0 aliphatic rings. The lowest BCUT2D eigenvalue weighted by Crippen LogP contribution is -2.21. The molecule has 1 nitrogen and oxygen atoms in total. The summed E-state index contributed by atoms with van der Waals surface area (Å²) in [5, 5.41) is 4.57. The minimum absolute atomic E-state index is 0.113. The Hall–Kier alpha value is -0.680. The maximum absolute atomic E-state index is 6.11.